The fraction of sp³-hybridized carbons (Fsp3) is 0.579. The van der Waals surface area contributed by atoms with Crippen LogP contribution in [-0.2, 0) is 16.1 Å². The Hall–Kier alpha value is -1.55. The third-order valence-electron chi connectivity index (χ3n) is 4.23. The SMILES string of the molecule is COc1cccc(CN=C(NCC(=O)N(C)C)NCC2CCCCO2)c1.I. The average molecular weight is 490 g/mol. The van der Waals surface area contributed by atoms with Crippen LogP contribution in [0, 0.1) is 0 Å². The summed E-state index contributed by atoms with van der Waals surface area (Å²) in [4.78, 5) is 18.0. The first kappa shape index (κ1) is 23.5. The minimum atomic E-state index is -0.00482. The van der Waals surface area contributed by atoms with E-state index in [4.69, 9.17) is 9.47 Å². The summed E-state index contributed by atoms with van der Waals surface area (Å²) in [6, 6.07) is 7.80. The van der Waals surface area contributed by atoms with E-state index in [9.17, 15) is 4.79 Å². The summed E-state index contributed by atoms with van der Waals surface area (Å²) >= 11 is 0. The van der Waals surface area contributed by atoms with E-state index in [0.29, 0.717) is 19.0 Å². The van der Waals surface area contributed by atoms with Crippen LogP contribution in [0.5, 0.6) is 5.75 Å². The van der Waals surface area contributed by atoms with Gasteiger partial charge in [-0.15, -0.1) is 24.0 Å². The van der Waals surface area contributed by atoms with Gasteiger partial charge >= 0.3 is 0 Å². The fourth-order valence-electron chi connectivity index (χ4n) is 2.61. The Morgan fingerprint density at radius 3 is 2.81 bits per heavy atom. The summed E-state index contributed by atoms with van der Waals surface area (Å²) in [6.07, 6.45) is 3.56. The first-order valence-corrected chi connectivity index (χ1v) is 9.05. The van der Waals surface area contributed by atoms with Crippen LogP contribution in [0.3, 0.4) is 0 Å². The van der Waals surface area contributed by atoms with Gasteiger partial charge in [0.25, 0.3) is 0 Å². The zero-order valence-electron chi connectivity index (χ0n) is 16.4. The molecule has 0 bridgehead atoms. The summed E-state index contributed by atoms with van der Waals surface area (Å²) in [5, 5.41) is 6.39. The number of guanidine groups is 1. The number of benzene rings is 1. The lowest BCUT2D eigenvalue weighted by molar-refractivity contribution is -0.127. The molecule has 0 aromatic heterocycles. The monoisotopic (exact) mass is 490 g/mol. The van der Waals surface area contributed by atoms with E-state index in [-0.39, 0.29) is 42.5 Å². The Labute approximate surface area is 178 Å². The van der Waals surface area contributed by atoms with E-state index in [2.05, 4.69) is 15.6 Å². The molecule has 0 aliphatic carbocycles. The van der Waals surface area contributed by atoms with Gasteiger partial charge in [-0.2, -0.15) is 0 Å². The van der Waals surface area contributed by atoms with Crippen LogP contribution in [0.15, 0.2) is 29.3 Å². The molecule has 1 unspecified atom stereocenters. The van der Waals surface area contributed by atoms with Gasteiger partial charge in [-0.05, 0) is 37.0 Å². The van der Waals surface area contributed by atoms with Crippen molar-refractivity contribution in [2.45, 2.75) is 31.9 Å². The van der Waals surface area contributed by atoms with Crippen molar-refractivity contribution in [3.63, 3.8) is 0 Å². The van der Waals surface area contributed by atoms with Crippen molar-refractivity contribution in [2.24, 2.45) is 4.99 Å². The number of carbonyl (C=O) groups is 1. The van der Waals surface area contributed by atoms with Gasteiger partial charge < -0.3 is 25.0 Å². The van der Waals surface area contributed by atoms with Crippen LogP contribution in [0.2, 0.25) is 0 Å². The molecule has 2 rings (SSSR count). The topological polar surface area (TPSA) is 75.2 Å². The number of aliphatic imine (C=N–C) groups is 1. The minimum absolute atomic E-state index is 0. The molecule has 8 heteroatoms. The lowest BCUT2D eigenvalue weighted by atomic mass is 10.1. The number of amides is 1. The van der Waals surface area contributed by atoms with Gasteiger partial charge in [-0.25, -0.2) is 4.99 Å². The van der Waals surface area contributed by atoms with E-state index in [1.165, 1.54) is 6.42 Å². The number of ether oxygens (including phenoxy) is 2. The van der Waals surface area contributed by atoms with Crippen molar-refractivity contribution in [3.8, 4) is 5.75 Å². The number of rotatable bonds is 7. The second kappa shape index (κ2) is 12.8. The van der Waals surface area contributed by atoms with Crippen molar-refractivity contribution in [1.29, 1.82) is 0 Å². The van der Waals surface area contributed by atoms with Gasteiger partial charge in [0.15, 0.2) is 5.96 Å². The predicted octanol–water partition coefficient (Wildman–Crippen LogP) is 2.01. The first-order chi connectivity index (χ1) is 12.6. The largest absolute Gasteiger partial charge is 0.497 e. The van der Waals surface area contributed by atoms with Crippen LogP contribution in [0.25, 0.3) is 0 Å². The fourth-order valence-corrected chi connectivity index (χ4v) is 2.61. The molecule has 7 nitrogen and oxygen atoms in total. The van der Waals surface area contributed by atoms with Gasteiger partial charge in [0.1, 0.15) is 5.75 Å². The number of nitrogens with one attached hydrogen (secondary N) is 2. The van der Waals surface area contributed by atoms with Crippen LogP contribution in [0.4, 0.5) is 0 Å². The number of likely N-dealkylation sites (N-methyl/N-ethyl adjacent to an activating group) is 1. The zero-order valence-corrected chi connectivity index (χ0v) is 18.7. The molecule has 1 fully saturated rings. The number of carbonyl (C=O) groups excluding carboxylic acids is 1. The van der Waals surface area contributed by atoms with Crippen molar-refractivity contribution in [2.75, 3.05) is 40.9 Å². The highest BCUT2D eigenvalue weighted by molar-refractivity contribution is 14.0. The van der Waals surface area contributed by atoms with E-state index in [1.54, 1.807) is 26.1 Å². The molecule has 0 radical (unpaired) electrons. The molecule has 0 saturated carbocycles. The van der Waals surface area contributed by atoms with Crippen molar-refractivity contribution >= 4 is 35.8 Å². The van der Waals surface area contributed by atoms with Crippen LogP contribution in [-0.4, -0.2) is 63.8 Å². The highest BCUT2D eigenvalue weighted by atomic mass is 127. The molecule has 1 aromatic carbocycles. The highest BCUT2D eigenvalue weighted by Crippen LogP contribution is 2.13. The second-order valence-corrected chi connectivity index (χ2v) is 6.53. The van der Waals surface area contributed by atoms with Gasteiger partial charge in [0.05, 0.1) is 26.3 Å². The van der Waals surface area contributed by atoms with Crippen molar-refractivity contribution < 1.29 is 14.3 Å². The Morgan fingerprint density at radius 1 is 1.33 bits per heavy atom. The maximum Gasteiger partial charge on any atom is 0.241 e. The Morgan fingerprint density at radius 2 is 2.15 bits per heavy atom. The van der Waals surface area contributed by atoms with E-state index >= 15 is 0 Å². The Bertz CT molecular complexity index is 604. The molecule has 0 spiro atoms. The molecular weight excluding hydrogens is 459 g/mol. The minimum Gasteiger partial charge on any atom is -0.497 e. The second-order valence-electron chi connectivity index (χ2n) is 6.53. The summed E-state index contributed by atoms with van der Waals surface area (Å²) < 4.78 is 11.0. The molecule has 2 N–H and O–H groups in total. The molecule has 27 heavy (non-hydrogen) atoms. The molecular formula is C19H31IN4O3. The van der Waals surface area contributed by atoms with Crippen LogP contribution in [0.1, 0.15) is 24.8 Å². The molecule has 1 saturated heterocycles. The van der Waals surface area contributed by atoms with E-state index < -0.39 is 0 Å². The maximum atomic E-state index is 11.9. The molecule has 1 aliphatic heterocycles. The number of methoxy groups -OCH3 is 1. The summed E-state index contributed by atoms with van der Waals surface area (Å²) in [5.41, 5.74) is 1.04. The third kappa shape index (κ3) is 8.79. The molecule has 1 aromatic rings. The zero-order chi connectivity index (χ0) is 18.8. The highest BCUT2D eigenvalue weighted by Gasteiger charge is 2.14. The van der Waals surface area contributed by atoms with E-state index in [1.807, 2.05) is 24.3 Å². The average Bonchev–Trinajstić information content (AvgIpc) is 2.68. The number of hydrogen-bond acceptors (Lipinski definition) is 4. The molecule has 152 valence electrons. The predicted molar refractivity (Wildman–Crippen MR) is 118 cm³/mol. The first-order valence-electron chi connectivity index (χ1n) is 9.05. The third-order valence-corrected chi connectivity index (χ3v) is 4.23. The lowest BCUT2D eigenvalue weighted by Gasteiger charge is -2.24. The normalized spacial score (nSPS) is 16.9. The molecule has 1 atom stereocenters. The van der Waals surface area contributed by atoms with Gasteiger partial charge in [-0.1, -0.05) is 12.1 Å². The number of nitrogens with zero attached hydrogens (tertiary/aromatic N) is 2. The quantitative estimate of drug-likeness (QED) is 0.348. The smallest absolute Gasteiger partial charge is 0.241 e. The molecule has 1 aliphatic rings. The molecule has 1 heterocycles. The van der Waals surface area contributed by atoms with Gasteiger partial charge in [-0.3, -0.25) is 4.79 Å². The Balaban J connectivity index is 0.00000364. The maximum absolute atomic E-state index is 11.9. The summed E-state index contributed by atoms with van der Waals surface area (Å²) in [6.45, 7) is 2.19. The Kier molecular flexibility index (Phi) is 11.1. The van der Waals surface area contributed by atoms with Crippen LogP contribution >= 0.6 is 24.0 Å². The van der Waals surface area contributed by atoms with Crippen LogP contribution < -0.4 is 15.4 Å². The molecule has 1 amide bonds. The summed E-state index contributed by atoms with van der Waals surface area (Å²) in [7, 11) is 5.12. The number of hydrogen-bond donors (Lipinski definition) is 2. The number of halogens is 1. The van der Waals surface area contributed by atoms with E-state index in [0.717, 1.165) is 30.8 Å². The van der Waals surface area contributed by atoms with Crippen molar-refractivity contribution in [1.82, 2.24) is 15.5 Å². The van der Waals surface area contributed by atoms with Gasteiger partial charge in [0, 0.05) is 27.2 Å². The van der Waals surface area contributed by atoms with Gasteiger partial charge in [0.2, 0.25) is 5.91 Å². The summed E-state index contributed by atoms with van der Waals surface area (Å²) in [5.74, 6) is 1.41. The standard InChI is InChI=1S/C19H30N4O3.HI/c1-23(2)18(24)14-22-19(21-13-17-8-4-5-10-26-17)20-12-15-7-6-9-16(11-15)25-3;/h6-7,9,11,17H,4-5,8,10,12-14H2,1-3H3,(H2,20,21,22);1H. The lowest BCUT2D eigenvalue weighted by Crippen LogP contribution is -2.45. The van der Waals surface area contributed by atoms with Crippen molar-refractivity contribution in [3.05, 3.63) is 29.8 Å².